The fraction of sp³-hybridized carbons (Fsp3) is 0.500. The van der Waals surface area contributed by atoms with Gasteiger partial charge in [0.25, 0.3) is 0 Å². The lowest BCUT2D eigenvalue weighted by atomic mass is 10.0. The van der Waals surface area contributed by atoms with Crippen molar-refractivity contribution in [3.63, 3.8) is 0 Å². The molecule has 1 aliphatic rings. The third-order valence-electron chi connectivity index (χ3n) is 3.65. The third-order valence-corrected chi connectivity index (χ3v) is 3.65. The number of carboxylic acids is 1. The molecular weight excluding hydrogens is 249 g/mol. The van der Waals surface area contributed by atoms with Gasteiger partial charge in [-0.1, -0.05) is 0 Å². The highest BCUT2D eigenvalue weighted by atomic mass is 19.1. The van der Waals surface area contributed by atoms with Crippen molar-refractivity contribution in [2.24, 2.45) is 5.92 Å². The van der Waals surface area contributed by atoms with Crippen molar-refractivity contribution in [2.75, 3.05) is 5.32 Å². The van der Waals surface area contributed by atoms with Crippen LogP contribution in [0.1, 0.15) is 25.7 Å². The smallest absolute Gasteiger partial charge is 0.306 e. The van der Waals surface area contributed by atoms with E-state index in [1.165, 1.54) is 12.1 Å². The minimum Gasteiger partial charge on any atom is -0.481 e. The Morgan fingerprint density at radius 2 is 1.79 bits per heavy atom. The van der Waals surface area contributed by atoms with Crippen LogP contribution in [0.4, 0.5) is 10.1 Å². The maximum Gasteiger partial charge on any atom is 0.306 e. The SMILES string of the molecule is O=C(O)[C@@H]1CC[C@H](Nc2ccc(F)cc2)[C@@H](O)CC1. The Morgan fingerprint density at radius 1 is 1.16 bits per heavy atom. The van der Waals surface area contributed by atoms with Crippen LogP contribution in [0.5, 0.6) is 0 Å². The van der Waals surface area contributed by atoms with Crippen LogP contribution in [0.15, 0.2) is 24.3 Å². The summed E-state index contributed by atoms with van der Waals surface area (Å²) in [7, 11) is 0. The zero-order valence-electron chi connectivity index (χ0n) is 10.6. The Kier molecular flexibility index (Phi) is 4.37. The molecule has 1 aromatic rings. The van der Waals surface area contributed by atoms with Crippen LogP contribution in [0.3, 0.4) is 0 Å². The van der Waals surface area contributed by atoms with Crippen LogP contribution in [-0.4, -0.2) is 28.3 Å². The fourth-order valence-corrected chi connectivity index (χ4v) is 2.47. The van der Waals surface area contributed by atoms with E-state index in [2.05, 4.69) is 5.32 Å². The number of hydrogen-bond acceptors (Lipinski definition) is 3. The molecule has 0 saturated heterocycles. The molecule has 0 heterocycles. The fourth-order valence-electron chi connectivity index (χ4n) is 2.47. The van der Waals surface area contributed by atoms with Crippen molar-refractivity contribution in [1.29, 1.82) is 0 Å². The number of aliphatic hydroxyl groups excluding tert-OH is 1. The normalized spacial score (nSPS) is 27.6. The number of nitrogens with one attached hydrogen (secondary N) is 1. The van der Waals surface area contributed by atoms with Crippen LogP contribution in [-0.2, 0) is 4.79 Å². The van der Waals surface area contributed by atoms with Gasteiger partial charge in [0.05, 0.1) is 18.1 Å². The van der Waals surface area contributed by atoms with Crippen molar-refractivity contribution in [2.45, 2.75) is 37.8 Å². The lowest BCUT2D eigenvalue weighted by molar-refractivity contribution is -0.142. The molecule has 4 nitrogen and oxygen atoms in total. The molecule has 1 aromatic carbocycles. The Labute approximate surface area is 111 Å². The van der Waals surface area contributed by atoms with E-state index in [0.29, 0.717) is 25.7 Å². The molecule has 0 amide bonds. The van der Waals surface area contributed by atoms with Crippen LogP contribution in [0.2, 0.25) is 0 Å². The maximum atomic E-state index is 12.8. The predicted octanol–water partition coefficient (Wildman–Crippen LogP) is 2.24. The molecule has 1 fully saturated rings. The molecule has 3 N–H and O–H groups in total. The van der Waals surface area contributed by atoms with Gasteiger partial charge in [-0.15, -0.1) is 0 Å². The number of halogens is 1. The van der Waals surface area contributed by atoms with Gasteiger partial charge in [-0.3, -0.25) is 4.79 Å². The standard InChI is InChI=1S/C14H18FNO3/c15-10-3-5-11(6-4-10)16-12-7-1-9(14(18)19)2-8-13(12)17/h3-6,9,12-13,16-17H,1-2,7-8H2,(H,18,19)/t9-,12+,13+/m1/s1. The highest BCUT2D eigenvalue weighted by molar-refractivity contribution is 5.70. The van der Waals surface area contributed by atoms with Crippen LogP contribution in [0, 0.1) is 11.7 Å². The van der Waals surface area contributed by atoms with Crippen molar-refractivity contribution >= 4 is 11.7 Å². The van der Waals surface area contributed by atoms with E-state index in [4.69, 9.17) is 5.11 Å². The first-order valence-electron chi connectivity index (χ1n) is 6.49. The first-order valence-corrected chi connectivity index (χ1v) is 6.49. The number of aliphatic carboxylic acids is 1. The average molecular weight is 267 g/mol. The molecule has 0 bridgehead atoms. The third kappa shape index (κ3) is 3.67. The van der Waals surface area contributed by atoms with E-state index >= 15 is 0 Å². The van der Waals surface area contributed by atoms with Crippen LogP contribution >= 0.6 is 0 Å². The second-order valence-corrected chi connectivity index (χ2v) is 5.01. The number of aliphatic hydroxyl groups is 1. The number of anilines is 1. The highest BCUT2D eigenvalue weighted by Crippen LogP contribution is 2.26. The van der Waals surface area contributed by atoms with Crippen LogP contribution < -0.4 is 5.32 Å². The number of rotatable bonds is 3. The molecule has 2 rings (SSSR count). The van der Waals surface area contributed by atoms with Crippen molar-refractivity contribution in [1.82, 2.24) is 0 Å². The highest BCUT2D eigenvalue weighted by Gasteiger charge is 2.29. The Bertz CT molecular complexity index is 435. The summed E-state index contributed by atoms with van der Waals surface area (Å²) in [5, 5.41) is 22.2. The molecule has 0 aromatic heterocycles. The molecule has 0 spiro atoms. The number of hydrogen-bond donors (Lipinski definition) is 3. The molecule has 1 saturated carbocycles. The van der Waals surface area contributed by atoms with Gasteiger partial charge in [-0.05, 0) is 49.9 Å². The molecule has 5 heteroatoms. The van der Waals surface area contributed by atoms with E-state index in [1.807, 2.05) is 0 Å². The van der Waals surface area contributed by atoms with Gasteiger partial charge in [0.2, 0.25) is 0 Å². The Hall–Kier alpha value is -1.62. The lowest BCUT2D eigenvalue weighted by Gasteiger charge is -2.22. The number of carbonyl (C=O) groups is 1. The van der Waals surface area contributed by atoms with E-state index in [1.54, 1.807) is 12.1 Å². The van der Waals surface area contributed by atoms with Crippen LogP contribution in [0.25, 0.3) is 0 Å². The average Bonchev–Trinajstić information content (AvgIpc) is 2.55. The second-order valence-electron chi connectivity index (χ2n) is 5.01. The minimum absolute atomic E-state index is 0.185. The Balaban J connectivity index is 1.99. The summed E-state index contributed by atoms with van der Waals surface area (Å²) in [5.74, 6) is -1.48. The van der Waals surface area contributed by atoms with Gasteiger partial charge < -0.3 is 15.5 Å². The van der Waals surface area contributed by atoms with Gasteiger partial charge in [-0.2, -0.15) is 0 Å². The largest absolute Gasteiger partial charge is 0.481 e. The summed E-state index contributed by atoms with van der Waals surface area (Å²) < 4.78 is 12.8. The summed E-state index contributed by atoms with van der Waals surface area (Å²) in [5.41, 5.74) is 0.735. The topological polar surface area (TPSA) is 69.6 Å². The summed E-state index contributed by atoms with van der Waals surface area (Å²) in [6, 6.07) is 5.75. The zero-order valence-corrected chi connectivity index (χ0v) is 10.6. The van der Waals surface area contributed by atoms with E-state index < -0.39 is 12.1 Å². The summed E-state index contributed by atoms with van der Waals surface area (Å²) >= 11 is 0. The first-order chi connectivity index (χ1) is 9.06. The minimum atomic E-state index is -0.797. The van der Waals surface area contributed by atoms with E-state index in [0.717, 1.165) is 5.69 Å². The molecule has 0 radical (unpaired) electrons. The molecule has 0 unspecified atom stereocenters. The molecular formula is C14H18FNO3. The van der Waals surface area contributed by atoms with Gasteiger partial charge in [0.1, 0.15) is 5.82 Å². The van der Waals surface area contributed by atoms with Crippen molar-refractivity contribution < 1.29 is 19.4 Å². The van der Waals surface area contributed by atoms with Gasteiger partial charge >= 0.3 is 5.97 Å². The predicted molar refractivity (Wildman–Crippen MR) is 69.4 cm³/mol. The molecule has 1 aliphatic carbocycles. The molecule has 19 heavy (non-hydrogen) atoms. The molecule has 104 valence electrons. The summed E-state index contributed by atoms with van der Waals surface area (Å²) in [6.07, 6.45) is 1.53. The van der Waals surface area contributed by atoms with Gasteiger partial charge in [0.15, 0.2) is 0 Å². The number of benzene rings is 1. The van der Waals surface area contributed by atoms with E-state index in [-0.39, 0.29) is 17.8 Å². The molecule has 0 aliphatic heterocycles. The van der Waals surface area contributed by atoms with Crippen molar-refractivity contribution in [3.05, 3.63) is 30.1 Å². The maximum absolute atomic E-state index is 12.8. The Morgan fingerprint density at radius 3 is 2.42 bits per heavy atom. The summed E-state index contributed by atoms with van der Waals surface area (Å²) in [4.78, 5) is 11.0. The molecule has 3 atom stereocenters. The quantitative estimate of drug-likeness (QED) is 0.735. The van der Waals surface area contributed by atoms with Crippen molar-refractivity contribution in [3.8, 4) is 0 Å². The first kappa shape index (κ1) is 13.8. The van der Waals surface area contributed by atoms with E-state index in [9.17, 15) is 14.3 Å². The number of carboxylic acid groups (broad SMARTS) is 1. The zero-order chi connectivity index (χ0) is 13.8. The van der Waals surface area contributed by atoms with Gasteiger partial charge in [0, 0.05) is 5.69 Å². The summed E-state index contributed by atoms with van der Waals surface area (Å²) in [6.45, 7) is 0. The van der Waals surface area contributed by atoms with Gasteiger partial charge in [-0.25, -0.2) is 4.39 Å². The monoisotopic (exact) mass is 267 g/mol. The lowest BCUT2D eigenvalue weighted by Crippen LogP contribution is -2.32. The second kappa shape index (κ2) is 6.02.